The van der Waals surface area contributed by atoms with Crippen LogP contribution in [0.25, 0.3) is 0 Å². The number of aromatic nitrogens is 3. The van der Waals surface area contributed by atoms with Gasteiger partial charge in [0.15, 0.2) is 0 Å². The van der Waals surface area contributed by atoms with Crippen LogP contribution in [0.15, 0.2) is 12.7 Å². The van der Waals surface area contributed by atoms with Crippen molar-refractivity contribution in [2.24, 2.45) is 0 Å². The molecule has 0 radical (unpaired) electrons. The van der Waals surface area contributed by atoms with Crippen LogP contribution in [0.2, 0.25) is 0 Å². The van der Waals surface area contributed by atoms with Crippen LogP contribution in [-0.2, 0) is 6.54 Å². The topological polar surface area (TPSA) is 63.0 Å². The summed E-state index contributed by atoms with van der Waals surface area (Å²) >= 11 is 0. The Morgan fingerprint density at radius 2 is 2.07 bits per heavy atom. The van der Waals surface area contributed by atoms with Gasteiger partial charge in [0.2, 0.25) is 0 Å². The van der Waals surface area contributed by atoms with Gasteiger partial charge in [-0.1, -0.05) is 0 Å². The molecule has 0 amide bonds. The fourth-order valence-corrected chi connectivity index (χ4v) is 1.92. The molecule has 2 rings (SSSR count). The van der Waals surface area contributed by atoms with E-state index in [1.54, 1.807) is 12.7 Å². The zero-order valence-corrected chi connectivity index (χ0v) is 8.19. The molecule has 0 aliphatic carbocycles. The first-order valence-corrected chi connectivity index (χ1v) is 5.04. The molecule has 14 heavy (non-hydrogen) atoms. The van der Waals surface area contributed by atoms with E-state index in [0.29, 0.717) is 6.54 Å². The fourth-order valence-electron chi connectivity index (χ4n) is 1.92. The number of hydrogen-bond acceptors (Lipinski definition) is 4. The van der Waals surface area contributed by atoms with Gasteiger partial charge in [0.25, 0.3) is 0 Å². The molecule has 1 fully saturated rings. The fraction of sp³-hybridized carbons (Fsp3) is 0.778. The van der Waals surface area contributed by atoms with Crippen molar-refractivity contribution in [3.8, 4) is 0 Å². The van der Waals surface area contributed by atoms with Gasteiger partial charge in [0, 0.05) is 0 Å². The third-order valence-electron chi connectivity index (χ3n) is 2.71. The van der Waals surface area contributed by atoms with Crippen LogP contribution >= 0.6 is 0 Å². The lowest BCUT2D eigenvalue weighted by atomic mass is 9.95. The van der Waals surface area contributed by atoms with Gasteiger partial charge in [-0.2, -0.15) is 0 Å². The van der Waals surface area contributed by atoms with E-state index in [4.69, 9.17) is 0 Å². The molecule has 0 aromatic carbocycles. The molecule has 1 aromatic rings. The van der Waals surface area contributed by atoms with Gasteiger partial charge in [0.05, 0.1) is 12.1 Å². The first kappa shape index (κ1) is 9.61. The average molecular weight is 196 g/mol. The van der Waals surface area contributed by atoms with Gasteiger partial charge >= 0.3 is 0 Å². The molecule has 0 spiro atoms. The first-order chi connectivity index (χ1) is 6.79. The molecular formula is C9H16N4O. The van der Waals surface area contributed by atoms with Crippen LogP contribution in [0.1, 0.15) is 19.3 Å². The van der Waals surface area contributed by atoms with Gasteiger partial charge < -0.3 is 15.0 Å². The van der Waals surface area contributed by atoms with E-state index >= 15 is 0 Å². The van der Waals surface area contributed by atoms with E-state index < -0.39 is 5.60 Å². The highest BCUT2D eigenvalue weighted by Crippen LogP contribution is 2.21. The third-order valence-corrected chi connectivity index (χ3v) is 2.71. The summed E-state index contributed by atoms with van der Waals surface area (Å²) in [6.45, 7) is 2.49. The Morgan fingerprint density at radius 1 is 1.29 bits per heavy atom. The number of nitrogens with zero attached hydrogens (tertiary/aromatic N) is 3. The number of rotatable bonds is 2. The molecule has 0 bridgehead atoms. The Labute approximate surface area is 83.2 Å². The Balaban J connectivity index is 1.99. The van der Waals surface area contributed by atoms with Gasteiger partial charge in [-0.25, -0.2) is 0 Å². The third kappa shape index (κ3) is 2.30. The molecule has 2 N–H and O–H groups in total. The molecule has 1 aliphatic rings. The predicted molar refractivity (Wildman–Crippen MR) is 51.7 cm³/mol. The predicted octanol–water partition coefficient (Wildman–Crippen LogP) is -0.217. The Hall–Kier alpha value is -0.940. The molecule has 1 unspecified atom stereocenters. The summed E-state index contributed by atoms with van der Waals surface area (Å²) in [5.41, 5.74) is -0.591. The van der Waals surface area contributed by atoms with Gasteiger partial charge in [-0.05, 0) is 32.4 Å². The molecule has 1 saturated heterocycles. The molecule has 1 aromatic heterocycles. The zero-order valence-electron chi connectivity index (χ0n) is 8.19. The van der Waals surface area contributed by atoms with Crippen molar-refractivity contribution in [1.29, 1.82) is 0 Å². The quantitative estimate of drug-likeness (QED) is 0.686. The van der Waals surface area contributed by atoms with Crippen molar-refractivity contribution in [3.05, 3.63) is 12.7 Å². The van der Waals surface area contributed by atoms with Crippen molar-refractivity contribution in [2.75, 3.05) is 13.1 Å². The van der Waals surface area contributed by atoms with Gasteiger partial charge in [-0.3, -0.25) is 0 Å². The number of nitrogens with one attached hydrogen (secondary N) is 1. The Bertz CT molecular complexity index is 264. The van der Waals surface area contributed by atoms with Gasteiger partial charge in [0.1, 0.15) is 12.7 Å². The van der Waals surface area contributed by atoms with E-state index in [2.05, 4.69) is 15.5 Å². The SMILES string of the molecule is OC1(Cn2cnnc2)CCCNCC1. The summed E-state index contributed by atoms with van der Waals surface area (Å²) in [7, 11) is 0. The highest BCUT2D eigenvalue weighted by molar-refractivity contribution is 4.83. The van der Waals surface area contributed by atoms with E-state index in [9.17, 15) is 5.11 Å². The monoisotopic (exact) mass is 196 g/mol. The van der Waals surface area contributed by atoms with Crippen LogP contribution < -0.4 is 5.32 Å². The van der Waals surface area contributed by atoms with Crippen LogP contribution in [-0.4, -0.2) is 38.6 Å². The van der Waals surface area contributed by atoms with E-state index in [1.807, 2.05) is 4.57 Å². The summed E-state index contributed by atoms with van der Waals surface area (Å²) in [4.78, 5) is 0. The highest BCUT2D eigenvalue weighted by Gasteiger charge is 2.28. The number of aliphatic hydroxyl groups is 1. The lowest BCUT2D eigenvalue weighted by Crippen LogP contribution is -2.34. The molecule has 2 heterocycles. The first-order valence-electron chi connectivity index (χ1n) is 5.04. The van der Waals surface area contributed by atoms with Crippen LogP contribution in [0.5, 0.6) is 0 Å². The molecule has 5 nitrogen and oxygen atoms in total. The van der Waals surface area contributed by atoms with Crippen LogP contribution in [0.4, 0.5) is 0 Å². The lowest BCUT2D eigenvalue weighted by Gasteiger charge is -2.26. The second kappa shape index (κ2) is 4.06. The van der Waals surface area contributed by atoms with E-state index in [1.165, 1.54) is 0 Å². The molecule has 0 saturated carbocycles. The standard InChI is InChI=1S/C9H16N4O/c14-9(2-1-4-10-5-3-9)6-13-7-11-12-8-13/h7-8,10,14H,1-6H2. The molecule has 78 valence electrons. The van der Waals surface area contributed by atoms with Crippen molar-refractivity contribution < 1.29 is 5.11 Å². The number of hydrogen-bond donors (Lipinski definition) is 2. The van der Waals surface area contributed by atoms with Crippen molar-refractivity contribution >= 4 is 0 Å². The second-order valence-corrected chi connectivity index (χ2v) is 3.96. The maximum absolute atomic E-state index is 10.3. The minimum absolute atomic E-state index is 0.591. The summed E-state index contributed by atoms with van der Waals surface area (Å²) in [5, 5.41) is 21.0. The summed E-state index contributed by atoms with van der Waals surface area (Å²) in [5.74, 6) is 0. The summed E-state index contributed by atoms with van der Waals surface area (Å²) < 4.78 is 1.84. The second-order valence-electron chi connectivity index (χ2n) is 3.96. The highest BCUT2D eigenvalue weighted by atomic mass is 16.3. The summed E-state index contributed by atoms with van der Waals surface area (Å²) in [6.07, 6.45) is 5.97. The average Bonchev–Trinajstić information content (AvgIpc) is 2.55. The van der Waals surface area contributed by atoms with Gasteiger partial charge in [-0.15, -0.1) is 10.2 Å². The smallest absolute Gasteiger partial charge is 0.119 e. The molecule has 1 aliphatic heterocycles. The van der Waals surface area contributed by atoms with Crippen LogP contribution in [0.3, 0.4) is 0 Å². The zero-order chi connectivity index (χ0) is 9.86. The van der Waals surface area contributed by atoms with Crippen molar-refractivity contribution in [3.63, 3.8) is 0 Å². The van der Waals surface area contributed by atoms with E-state index in [0.717, 1.165) is 32.4 Å². The van der Waals surface area contributed by atoms with E-state index in [-0.39, 0.29) is 0 Å². The van der Waals surface area contributed by atoms with Crippen LogP contribution in [0, 0.1) is 0 Å². The molecule has 5 heteroatoms. The van der Waals surface area contributed by atoms with Crippen molar-refractivity contribution in [2.45, 2.75) is 31.4 Å². The normalized spacial score (nSPS) is 28.6. The van der Waals surface area contributed by atoms with Crippen molar-refractivity contribution in [1.82, 2.24) is 20.1 Å². The lowest BCUT2D eigenvalue weighted by molar-refractivity contribution is 0.0110. The minimum atomic E-state index is -0.591. The largest absolute Gasteiger partial charge is 0.388 e. The minimum Gasteiger partial charge on any atom is -0.388 e. The maximum atomic E-state index is 10.3. The maximum Gasteiger partial charge on any atom is 0.119 e. The molecular weight excluding hydrogens is 180 g/mol. The Morgan fingerprint density at radius 3 is 2.86 bits per heavy atom. The Kier molecular flexibility index (Phi) is 2.79. The molecule has 1 atom stereocenters. The summed E-state index contributed by atoms with van der Waals surface area (Å²) in [6, 6.07) is 0.